The molecule has 0 radical (unpaired) electrons. The first-order valence-electron chi connectivity index (χ1n) is 8.73. The monoisotopic (exact) mass is 328 g/mol. The molecule has 0 atom stereocenters. The van der Waals surface area contributed by atoms with Gasteiger partial charge >= 0.3 is 0 Å². The highest BCUT2D eigenvalue weighted by molar-refractivity contribution is 5.42. The van der Waals surface area contributed by atoms with Crippen LogP contribution in [0.15, 0.2) is 48.5 Å². The van der Waals surface area contributed by atoms with E-state index < -0.39 is 0 Å². The lowest BCUT2D eigenvalue weighted by Gasteiger charge is -2.27. The van der Waals surface area contributed by atoms with Gasteiger partial charge in [0.1, 0.15) is 39.3 Å². The molecule has 0 spiro atoms. The first-order chi connectivity index (χ1) is 11.7. The van der Waals surface area contributed by atoms with E-state index in [9.17, 15) is 0 Å². The largest absolute Gasteiger partial charge is 0.493 e. The highest BCUT2D eigenvalue weighted by Crippen LogP contribution is 2.28. The van der Waals surface area contributed by atoms with Gasteiger partial charge in [-0.25, -0.2) is 0 Å². The van der Waals surface area contributed by atoms with Crippen molar-refractivity contribution in [1.29, 1.82) is 0 Å². The first-order valence-corrected chi connectivity index (χ1v) is 8.73. The molecule has 24 heavy (non-hydrogen) atoms. The van der Waals surface area contributed by atoms with Gasteiger partial charge in [-0.1, -0.05) is 30.3 Å². The van der Waals surface area contributed by atoms with Crippen LogP contribution in [0.2, 0.25) is 0 Å². The maximum atomic E-state index is 6.02. The van der Waals surface area contributed by atoms with E-state index in [2.05, 4.69) is 31.3 Å². The van der Waals surface area contributed by atoms with Gasteiger partial charge in [-0.05, 0) is 23.8 Å². The van der Waals surface area contributed by atoms with Crippen molar-refractivity contribution in [2.75, 3.05) is 40.3 Å². The minimum atomic E-state index is 0.561. The van der Waals surface area contributed by atoms with Crippen LogP contribution in [0.4, 0.5) is 0 Å². The van der Waals surface area contributed by atoms with Gasteiger partial charge in [0.25, 0.3) is 0 Å². The average molecular weight is 328 g/mol. The zero-order valence-electron chi connectivity index (χ0n) is 14.7. The molecule has 1 heterocycles. The molecule has 0 amide bonds. The maximum absolute atomic E-state index is 6.02. The predicted octanol–water partition coefficient (Wildman–Crippen LogP) is 0.187. The zero-order chi connectivity index (χ0) is 16.8. The number of hydrogen-bond acceptors (Lipinski definition) is 2. The fourth-order valence-electron chi connectivity index (χ4n) is 3.17. The molecule has 1 saturated heterocycles. The topological polar surface area (TPSA) is 27.3 Å². The lowest BCUT2D eigenvalue weighted by Crippen LogP contribution is -3.26. The van der Waals surface area contributed by atoms with Gasteiger partial charge in [0.15, 0.2) is 11.5 Å². The SMILES string of the molecule is COc1ccc(C[NH+]2CC[NH+](C)CC2)cc1OCc1ccccc1. The summed E-state index contributed by atoms with van der Waals surface area (Å²) in [6.07, 6.45) is 0. The Balaban J connectivity index is 1.66. The third-order valence-electron chi connectivity index (χ3n) is 4.73. The molecule has 0 bridgehead atoms. The Kier molecular flexibility index (Phi) is 5.72. The Morgan fingerprint density at radius 3 is 2.33 bits per heavy atom. The van der Waals surface area contributed by atoms with Crippen LogP contribution >= 0.6 is 0 Å². The summed E-state index contributed by atoms with van der Waals surface area (Å²) >= 11 is 0. The molecule has 2 N–H and O–H groups in total. The second kappa shape index (κ2) is 8.18. The predicted molar refractivity (Wildman–Crippen MR) is 94.8 cm³/mol. The molecule has 1 aliphatic heterocycles. The molecule has 0 aromatic heterocycles. The fourth-order valence-corrected chi connectivity index (χ4v) is 3.17. The number of rotatable bonds is 6. The van der Waals surface area contributed by atoms with Crippen molar-refractivity contribution in [3.05, 3.63) is 59.7 Å². The summed E-state index contributed by atoms with van der Waals surface area (Å²) in [6.45, 7) is 6.59. The Morgan fingerprint density at radius 2 is 1.62 bits per heavy atom. The number of quaternary nitrogens is 2. The molecule has 4 nitrogen and oxygen atoms in total. The Morgan fingerprint density at radius 1 is 0.875 bits per heavy atom. The van der Waals surface area contributed by atoms with Gasteiger partial charge in [0.05, 0.1) is 14.2 Å². The minimum Gasteiger partial charge on any atom is -0.493 e. The standard InChI is InChI=1S/C20H26N2O2/c1-21-10-12-22(13-11-21)15-18-8-9-19(23-2)20(14-18)24-16-17-6-4-3-5-7-17/h3-9,14H,10-13,15-16H2,1-2H3/p+2. The van der Waals surface area contributed by atoms with Crippen LogP contribution in [0, 0.1) is 0 Å². The molecule has 1 fully saturated rings. The zero-order valence-corrected chi connectivity index (χ0v) is 14.7. The van der Waals surface area contributed by atoms with E-state index in [1.54, 1.807) is 16.9 Å². The van der Waals surface area contributed by atoms with Crippen molar-refractivity contribution in [3.63, 3.8) is 0 Å². The first kappa shape index (κ1) is 16.8. The van der Waals surface area contributed by atoms with E-state index in [-0.39, 0.29) is 0 Å². The molecule has 1 aliphatic rings. The minimum absolute atomic E-state index is 0.561. The second-order valence-corrected chi connectivity index (χ2v) is 6.64. The van der Waals surface area contributed by atoms with E-state index in [0.29, 0.717) is 6.61 Å². The fraction of sp³-hybridized carbons (Fsp3) is 0.400. The Hall–Kier alpha value is -2.04. The van der Waals surface area contributed by atoms with E-state index in [4.69, 9.17) is 9.47 Å². The van der Waals surface area contributed by atoms with Crippen LogP contribution < -0.4 is 19.3 Å². The van der Waals surface area contributed by atoms with Gasteiger partial charge in [-0.15, -0.1) is 0 Å². The molecule has 2 aromatic carbocycles. The van der Waals surface area contributed by atoms with Gasteiger partial charge < -0.3 is 19.3 Å². The number of ether oxygens (including phenoxy) is 2. The number of likely N-dealkylation sites (N-methyl/N-ethyl adjacent to an activating group) is 1. The summed E-state index contributed by atoms with van der Waals surface area (Å²) in [4.78, 5) is 3.29. The number of piperazine rings is 1. The third kappa shape index (κ3) is 4.49. The van der Waals surface area contributed by atoms with Crippen LogP contribution in [-0.2, 0) is 13.2 Å². The van der Waals surface area contributed by atoms with Crippen molar-refractivity contribution in [2.45, 2.75) is 13.2 Å². The summed E-state index contributed by atoms with van der Waals surface area (Å²) in [6, 6.07) is 16.6. The van der Waals surface area contributed by atoms with Gasteiger partial charge in [-0.2, -0.15) is 0 Å². The third-order valence-corrected chi connectivity index (χ3v) is 4.73. The molecule has 4 heteroatoms. The van der Waals surface area contributed by atoms with E-state index in [1.165, 1.54) is 31.7 Å². The van der Waals surface area contributed by atoms with E-state index in [0.717, 1.165) is 23.6 Å². The molecular formula is C20H28N2O2+2. The Labute approximate surface area is 144 Å². The van der Waals surface area contributed by atoms with Crippen LogP contribution in [-0.4, -0.2) is 40.3 Å². The van der Waals surface area contributed by atoms with Gasteiger partial charge in [0, 0.05) is 5.56 Å². The van der Waals surface area contributed by atoms with Crippen molar-refractivity contribution in [2.24, 2.45) is 0 Å². The van der Waals surface area contributed by atoms with Crippen LogP contribution in [0.1, 0.15) is 11.1 Å². The number of methoxy groups -OCH3 is 1. The molecule has 0 aliphatic carbocycles. The van der Waals surface area contributed by atoms with E-state index >= 15 is 0 Å². The van der Waals surface area contributed by atoms with Gasteiger partial charge in [-0.3, -0.25) is 0 Å². The molecule has 0 saturated carbocycles. The lowest BCUT2D eigenvalue weighted by molar-refractivity contribution is -1.01. The highest BCUT2D eigenvalue weighted by atomic mass is 16.5. The van der Waals surface area contributed by atoms with Crippen LogP contribution in [0.25, 0.3) is 0 Å². The quantitative estimate of drug-likeness (QED) is 0.792. The van der Waals surface area contributed by atoms with Crippen LogP contribution in [0.3, 0.4) is 0 Å². The Bertz CT molecular complexity index is 637. The summed E-state index contributed by atoms with van der Waals surface area (Å²) in [5.41, 5.74) is 2.48. The number of benzene rings is 2. The van der Waals surface area contributed by atoms with Crippen molar-refractivity contribution >= 4 is 0 Å². The molecular weight excluding hydrogens is 300 g/mol. The lowest BCUT2D eigenvalue weighted by atomic mass is 10.1. The highest BCUT2D eigenvalue weighted by Gasteiger charge is 2.20. The molecule has 3 rings (SSSR count). The normalized spacial score (nSPS) is 20.6. The molecule has 2 aromatic rings. The number of nitrogens with one attached hydrogen (secondary N) is 2. The van der Waals surface area contributed by atoms with Gasteiger partial charge in [0.2, 0.25) is 0 Å². The summed E-state index contributed by atoms with van der Waals surface area (Å²) in [7, 11) is 3.97. The van der Waals surface area contributed by atoms with E-state index in [1.807, 2.05) is 24.3 Å². The molecule has 0 unspecified atom stereocenters. The molecule has 128 valence electrons. The summed E-state index contributed by atoms with van der Waals surface area (Å²) in [5.74, 6) is 1.63. The van der Waals surface area contributed by atoms with Crippen molar-refractivity contribution < 1.29 is 19.3 Å². The summed E-state index contributed by atoms with van der Waals surface area (Å²) < 4.78 is 11.5. The summed E-state index contributed by atoms with van der Waals surface area (Å²) in [5, 5.41) is 0. The maximum Gasteiger partial charge on any atom is 0.162 e. The smallest absolute Gasteiger partial charge is 0.162 e. The second-order valence-electron chi connectivity index (χ2n) is 6.64. The van der Waals surface area contributed by atoms with Crippen molar-refractivity contribution in [3.8, 4) is 11.5 Å². The average Bonchev–Trinajstić information content (AvgIpc) is 2.63. The van der Waals surface area contributed by atoms with Crippen molar-refractivity contribution in [1.82, 2.24) is 0 Å². The van der Waals surface area contributed by atoms with Crippen LogP contribution in [0.5, 0.6) is 11.5 Å². The number of hydrogen-bond donors (Lipinski definition) is 2.